The van der Waals surface area contributed by atoms with Crippen molar-refractivity contribution in [3.8, 4) is 11.3 Å². The van der Waals surface area contributed by atoms with Crippen molar-refractivity contribution < 1.29 is 9.21 Å². The molecule has 0 aliphatic heterocycles. The minimum absolute atomic E-state index is 0.381. The SMILES string of the molecule is Cc1c(C=O)oc2c1-c1[nH]ncc1C(C)C2. The normalized spacial score (nSPS) is 18.0. The number of carbonyl (C=O) groups excluding carboxylic acids is 1. The fourth-order valence-electron chi connectivity index (χ4n) is 2.43. The Balaban J connectivity index is 2.31. The van der Waals surface area contributed by atoms with Gasteiger partial charge in [0.05, 0.1) is 11.9 Å². The molecule has 0 aromatic carbocycles. The first-order valence-corrected chi connectivity index (χ1v) is 5.33. The number of fused-ring (bicyclic) bond motifs is 3. The predicted octanol–water partition coefficient (Wildman–Crippen LogP) is 2.45. The van der Waals surface area contributed by atoms with E-state index in [9.17, 15) is 4.79 Å². The van der Waals surface area contributed by atoms with Crippen LogP contribution in [-0.2, 0) is 6.42 Å². The van der Waals surface area contributed by atoms with Gasteiger partial charge in [0.1, 0.15) is 5.76 Å². The van der Waals surface area contributed by atoms with E-state index >= 15 is 0 Å². The summed E-state index contributed by atoms with van der Waals surface area (Å²) in [5.41, 5.74) is 4.13. The third-order valence-corrected chi connectivity index (χ3v) is 3.30. The van der Waals surface area contributed by atoms with Crippen LogP contribution in [-0.4, -0.2) is 16.5 Å². The molecule has 2 aromatic rings. The molecule has 82 valence electrons. The molecule has 0 fully saturated rings. The number of hydrogen-bond acceptors (Lipinski definition) is 3. The number of furan rings is 1. The topological polar surface area (TPSA) is 58.9 Å². The molecule has 0 bridgehead atoms. The second-order valence-electron chi connectivity index (χ2n) is 4.31. The molecule has 4 nitrogen and oxygen atoms in total. The minimum Gasteiger partial charge on any atom is -0.457 e. The van der Waals surface area contributed by atoms with Crippen LogP contribution in [0.1, 0.15) is 40.3 Å². The third-order valence-electron chi connectivity index (χ3n) is 3.30. The highest BCUT2D eigenvalue weighted by Crippen LogP contribution is 2.41. The number of aldehydes is 1. The average Bonchev–Trinajstić information content (AvgIpc) is 2.83. The molecule has 2 aromatic heterocycles. The van der Waals surface area contributed by atoms with E-state index in [1.165, 1.54) is 5.56 Å². The Morgan fingerprint density at radius 3 is 3.19 bits per heavy atom. The maximum Gasteiger partial charge on any atom is 0.185 e. The van der Waals surface area contributed by atoms with Crippen molar-refractivity contribution in [1.82, 2.24) is 10.2 Å². The average molecular weight is 216 g/mol. The maximum atomic E-state index is 10.9. The quantitative estimate of drug-likeness (QED) is 0.745. The third kappa shape index (κ3) is 1.04. The van der Waals surface area contributed by atoms with Crippen molar-refractivity contribution in [2.75, 3.05) is 0 Å². The van der Waals surface area contributed by atoms with Crippen LogP contribution < -0.4 is 0 Å². The standard InChI is InChI=1S/C12H12N2O2/c1-6-3-9-11(7(2)10(5-15)16-9)12-8(6)4-13-14-12/h4-6H,3H2,1-2H3,(H,13,14). The molecular weight excluding hydrogens is 204 g/mol. The van der Waals surface area contributed by atoms with Crippen LogP contribution in [0.4, 0.5) is 0 Å². The van der Waals surface area contributed by atoms with Gasteiger partial charge in [0.2, 0.25) is 0 Å². The molecule has 3 rings (SSSR count). The van der Waals surface area contributed by atoms with Gasteiger partial charge in [-0.1, -0.05) is 6.92 Å². The van der Waals surface area contributed by atoms with Gasteiger partial charge in [-0.3, -0.25) is 9.89 Å². The number of H-pyrrole nitrogens is 1. The van der Waals surface area contributed by atoms with Crippen LogP contribution in [0.25, 0.3) is 11.3 Å². The maximum absolute atomic E-state index is 10.9. The van der Waals surface area contributed by atoms with Gasteiger partial charge in [0.25, 0.3) is 0 Å². The number of rotatable bonds is 1. The van der Waals surface area contributed by atoms with E-state index in [0.717, 1.165) is 35.3 Å². The predicted molar refractivity (Wildman–Crippen MR) is 58.5 cm³/mol. The molecule has 1 aliphatic rings. The Bertz CT molecular complexity index is 566. The lowest BCUT2D eigenvalue weighted by molar-refractivity contribution is 0.109. The van der Waals surface area contributed by atoms with Crippen LogP contribution >= 0.6 is 0 Å². The molecule has 16 heavy (non-hydrogen) atoms. The number of carbonyl (C=O) groups is 1. The smallest absolute Gasteiger partial charge is 0.185 e. The van der Waals surface area contributed by atoms with Crippen LogP contribution in [0.5, 0.6) is 0 Å². The number of nitrogens with one attached hydrogen (secondary N) is 1. The molecule has 0 saturated heterocycles. The van der Waals surface area contributed by atoms with Gasteiger partial charge in [-0.15, -0.1) is 0 Å². The molecule has 0 spiro atoms. The lowest BCUT2D eigenvalue weighted by Crippen LogP contribution is -2.05. The van der Waals surface area contributed by atoms with Crippen LogP contribution in [0, 0.1) is 6.92 Å². The fraction of sp³-hybridized carbons (Fsp3) is 0.333. The van der Waals surface area contributed by atoms with Gasteiger partial charge in [0, 0.05) is 23.1 Å². The molecular formula is C12H12N2O2. The van der Waals surface area contributed by atoms with Crippen molar-refractivity contribution >= 4 is 6.29 Å². The summed E-state index contributed by atoms with van der Waals surface area (Å²) >= 11 is 0. The van der Waals surface area contributed by atoms with Gasteiger partial charge in [-0.2, -0.15) is 5.10 Å². The highest BCUT2D eigenvalue weighted by Gasteiger charge is 2.29. The Hall–Kier alpha value is -1.84. The summed E-state index contributed by atoms with van der Waals surface area (Å²) in [6.07, 6.45) is 3.46. The second-order valence-corrected chi connectivity index (χ2v) is 4.31. The summed E-state index contributed by atoms with van der Waals surface area (Å²) in [4.78, 5) is 10.9. The van der Waals surface area contributed by atoms with Crippen molar-refractivity contribution in [2.45, 2.75) is 26.2 Å². The van der Waals surface area contributed by atoms with Crippen LogP contribution in [0.3, 0.4) is 0 Å². The van der Waals surface area contributed by atoms with Crippen molar-refractivity contribution in [1.29, 1.82) is 0 Å². The van der Waals surface area contributed by atoms with Gasteiger partial charge >= 0.3 is 0 Å². The second kappa shape index (κ2) is 3.07. The summed E-state index contributed by atoms with van der Waals surface area (Å²) in [7, 11) is 0. The lowest BCUT2D eigenvalue weighted by atomic mass is 9.86. The van der Waals surface area contributed by atoms with E-state index in [-0.39, 0.29) is 0 Å². The van der Waals surface area contributed by atoms with Crippen molar-refractivity contribution in [3.05, 3.63) is 28.8 Å². The first-order valence-electron chi connectivity index (χ1n) is 5.33. The summed E-state index contributed by atoms with van der Waals surface area (Å²) in [5, 5.41) is 7.07. The van der Waals surface area contributed by atoms with E-state index in [0.29, 0.717) is 11.7 Å². The van der Waals surface area contributed by atoms with Crippen molar-refractivity contribution in [2.24, 2.45) is 0 Å². The zero-order valence-corrected chi connectivity index (χ0v) is 9.20. The molecule has 2 heterocycles. The summed E-state index contributed by atoms with van der Waals surface area (Å²) in [6.45, 7) is 4.04. The van der Waals surface area contributed by atoms with Gasteiger partial charge in [-0.05, 0) is 12.8 Å². The highest BCUT2D eigenvalue weighted by atomic mass is 16.3. The monoisotopic (exact) mass is 216 g/mol. The first-order chi connectivity index (χ1) is 7.72. The van der Waals surface area contributed by atoms with Gasteiger partial charge in [0.15, 0.2) is 12.0 Å². The Labute approximate surface area is 92.7 Å². The van der Waals surface area contributed by atoms with E-state index in [4.69, 9.17) is 4.42 Å². The molecule has 0 amide bonds. The zero-order chi connectivity index (χ0) is 11.3. The first kappa shape index (κ1) is 9.39. The Kier molecular flexibility index (Phi) is 1.80. The highest BCUT2D eigenvalue weighted by molar-refractivity contribution is 5.82. The van der Waals surface area contributed by atoms with E-state index < -0.39 is 0 Å². The molecule has 1 unspecified atom stereocenters. The molecule has 0 saturated carbocycles. The summed E-state index contributed by atoms with van der Waals surface area (Å²) in [6, 6.07) is 0. The molecule has 4 heteroatoms. The zero-order valence-electron chi connectivity index (χ0n) is 9.20. The van der Waals surface area contributed by atoms with E-state index in [1.807, 2.05) is 13.1 Å². The number of nitrogens with zero attached hydrogens (tertiary/aromatic N) is 1. The number of hydrogen-bond donors (Lipinski definition) is 1. The summed E-state index contributed by atoms with van der Waals surface area (Å²) in [5.74, 6) is 1.70. The molecule has 1 N–H and O–H groups in total. The van der Waals surface area contributed by atoms with Crippen molar-refractivity contribution in [3.63, 3.8) is 0 Å². The largest absolute Gasteiger partial charge is 0.457 e. The van der Waals surface area contributed by atoms with Crippen LogP contribution in [0.2, 0.25) is 0 Å². The number of aromatic amines is 1. The fourth-order valence-corrected chi connectivity index (χ4v) is 2.43. The molecule has 0 radical (unpaired) electrons. The lowest BCUT2D eigenvalue weighted by Gasteiger charge is -2.17. The number of aromatic nitrogens is 2. The summed E-state index contributed by atoms with van der Waals surface area (Å²) < 4.78 is 5.57. The Morgan fingerprint density at radius 2 is 2.44 bits per heavy atom. The molecule has 1 atom stereocenters. The van der Waals surface area contributed by atoms with Gasteiger partial charge < -0.3 is 4.42 Å². The Morgan fingerprint density at radius 1 is 1.62 bits per heavy atom. The van der Waals surface area contributed by atoms with Crippen LogP contribution in [0.15, 0.2) is 10.6 Å². The van der Waals surface area contributed by atoms with E-state index in [2.05, 4.69) is 17.1 Å². The minimum atomic E-state index is 0.381. The molecule has 1 aliphatic carbocycles. The van der Waals surface area contributed by atoms with E-state index in [1.54, 1.807) is 0 Å². The van der Waals surface area contributed by atoms with Gasteiger partial charge in [-0.25, -0.2) is 0 Å².